The molecule has 0 fully saturated rings. The number of nitrogens with zero attached hydrogens (tertiary/aromatic N) is 1. The summed E-state index contributed by atoms with van der Waals surface area (Å²) in [5.41, 5.74) is 0.854. The van der Waals surface area contributed by atoms with E-state index in [1.54, 1.807) is 61.7 Å². The van der Waals surface area contributed by atoms with Crippen LogP contribution in [0.5, 0.6) is 5.75 Å². The third-order valence-corrected chi connectivity index (χ3v) is 3.19. The Morgan fingerprint density at radius 3 is 2.90 bits per heavy atom. The number of ether oxygens (including phenoxy) is 1. The number of hydrogen-bond donors (Lipinski definition) is 0. The molecule has 1 heterocycles. The Balaban J connectivity index is 2.05. The number of rotatable bonds is 5. The Bertz CT molecular complexity index is 635. The highest BCUT2D eigenvalue weighted by atomic mass is 35.5. The van der Waals surface area contributed by atoms with Crippen LogP contribution in [0.3, 0.4) is 0 Å². The summed E-state index contributed by atoms with van der Waals surface area (Å²) in [7, 11) is 3.31. The fourth-order valence-corrected chi connectivity index (χ4v) is 2.07. The van der Waals surface area contributed by atoms with Gasteiger partial charge >= 0.3 is 0 Å². The number of benzene rings is 1. The molecule has 2 rings (SSSR count). The maximum atomic E-state index is 12.1. The van der Waals surface area contributed by atoms with Gasteiger partial charge in [-0.1, -0.05) is 11.6 Å². The van der Waals surface area contributed by atoms with E-state index in [9.17, 15) is 4.79 Å². The van der Waals surface area contributed by atoms with Crippen molar-refractivity contribution in [3.05, 3.63) is 59.0 Å². The van der Waals surface area contributed by atoms with Crippen molar-refractivity contribution in [3.8, 4) is 5.75 Å². The largest absolute Gasteiger partial charge is 0.496 e. The van der Waals surface area contributed by atoms with Crippen molar-refractivity contribution in [1.29, 1.82) is 0 Å². The molecule has 1 amide bonds. The molecule has 0 spiro atoms. The second-order valence-corrected chi connectivity index (χ2v) is 4.94. The van der Waals surface area contributed by atoms with Crippen LogP contribution in [0, 0.1) is 0 Å². The molecule has 0 unspecified atom stereocenters. The van der Waals surface area contributed by atoms with Crippen molar-refractivity contribution in [3.63, 3.8) is 0 Å². The molecule has 0 radical (unpaired) electrons. The molecule has 0 saturated heterocycles. The van der Waals surface area contributed by atoms with Gasteiger partial charge in [-0.3, -0.25) is 4.79 Å². The van der Waals surface area contributed by atoms with Crippen LogP contribution in [0.1, 0.15) is 11.3 Å². The molecule has 1 aromatic heterocycles. The molecule has 0 aliphatic carbocycles. The molecule has 0 saturated carbocycles. The van der Waals surface area contributed by atoms with Gasteiger partial charge < -0.3 is 14.1 Å². The zero-order valence-electron chi connectivity index (χ0n) is 11.9. The minimum absolute atomic E-state index is 0.131. The third-order valence-electron chi connectivity index (χ3n) is 2.96. The molecule has 0 aliphatic rings. The average molecular weight is 306 g/mol. The Kier molecular flexibility index (Phi) is 5.06. The lowest BCUT2D eigenvalue weighted by Crippen LogP contribution is -2.24. The van der Waals surface area contributed by atoms with Crippen molar-refractivity contribution in [2.45, 2.75) is 6.54 Å². The van der Waals surface area contributed by atoms with E-state index in [2.05, 4.69) is 0 Å². The summed E-state index contributed by atoms with van der Waals surface area (Å²) < 4.78 is 10.4. The van der Waals surface area contributed by atoms with Crippen LogP contribution in [-0.4, -0.2) is 25.0 Å². The Morgan fingerprint density at radius 1 is 1.43 bits per heavy atom. The highest BCUT2D eigenvalue weighted by Crippen LogP contribution is 2.23. The van der Waals surface area contributed by atoms with Crippen molar-refractivity contribution in [2.75, 3.05) is 14.2 Å². The van der Waals surface area contributed by atoms with Crippen LogP contribution < -0.4 is 4.74 Å². The lowest BCUT2D eigenvalue weighted by atomic mass is 10.2. The molecule has 21 heavy (non-hydrogen) atoms. The first-order chi connectivity index (χ1) is 10.1. The second kappa shape index (κ2) is 6.99. The molecular formula is C16H16ClNO3. The van der Waals surface area contributed by atoms with Crippen molar-refractivity contribution in [1.82, 2.24) is 4.90 Å². The molecule has 4 nitrogen and oxygen atoms in total. The topological polar surface area (TPSA) is 42.7 Å². The van der Waals surface area contributed by atoms with E-state index in [0.717, 1.165) is 5.56 Å². The Hall–Kier alpha value is -2.20. The first kappa shape index (κ1) is 15.2. The molecular weight excluding hydrogens is 290 g/mol. The normalized spacial score (nSPS) is 10.8. The van der Waals surface area contributed by atoms with Gasteiger partial charge in [-0.25, -0.2) is 0 Å². The standard InChI is InChI=1S/C16H16ClNO3/c1-18(16(19)8-6-14-4-3-9-21-14)11-12-10-13(17)5-7-15(12)20-2/h3-10H,11H2,1-2H3. The number of likely N-dealkylation sites (N-methyl/N-ethyl adjacent to an activating group) is 1. The van der Waals surface area contributed by atoms with Gasteiger partial charge in [0.25, 0.3) is 0 Å². The summed E-state index contributed by atoms with van der Waals surface area (Å²) >= 11 is 5.98. The summed E-state index contributed by atoms with van der Waals surface area (Å²) in [6.45, 7) is 0.408. The van der Waals surface area contributed by atoms with Crippen LogP contribution in [0.4, 0.5) is 0 Å². The minimum Gasteiger partial charge on any atom is -0.496 e. The number of methoxy groups -OCH3 is 1. The zero-order chi connectivity index (χ0) is 15.2. The van der Waals surface area contributed by atoms with Crippen LogP contribution in [0.25, 0.3) is 6.08 Å². The number of carbonyl (C=O) groups excluding carboxylic acids is 1. The number of furan rings is 1. The predicted octanol–water partition coefficient (Wildman–Crippen LogP) is 3.61. The Morgan fingerprint density at radius 2 is 2.24 bits per heavy atom. The highest BCUT2D eigenvalue weighted by molar-refractivity contribution is 6.30. The lowest BCUT2D eigenvalue weighted by Gasteiger charge is -2.17. The number of carbonyl (C=O) groups is 1. The maximum absolute atomic E-state index is 12.1. The van der Waals surface area contributed by atoms with E-state index in [0.29, 0.717) is 23.1 Å². The van der Waals surface area contributed by atoms with E-state index in [1.807, 2.05) is 0 Å². The molecule has 0 N–H and O–H groups in total. The van der Waals surface area contributed by atoms with E-state index in [1.165, 1.54) is 6.08 Å². The summed E-state index contributed by atoms with van der Waals surface area (Å²) in [5, 5.41) is 0.609. The summed E-state index contributed by atoms with van der Waals surface area (Å²) in [6.07, 6.45) is 4.66. The van der Waals surface area contributed by atoms with Crippen LogP contribution in [0.2, 0.25) is 5.02 Å². The number of hydrogen-bond acceptors (Lipinski definition) is 3. The fourth-order valence-electron chi connectivity index (χ4n) is 1.87. The van der Waals surface area contributed by atoms with Crippen LogP contribution in [-0.2, 0) is 11.3 Å². The summed E-state index contributed by atoms with van der Waals surface area (Å²) in [4.78, 5) is 13.6. The van der Waals surface area contributed by atoms with Gasteiger partial charge in [-0.2, -0.15) is 0 Å². The number of halogens is 1. The van der Waals surface area contributed by atoms with Gasteiger partial charge in [0.2, 0.25) is 5.91 Å². The summed E-state index contributed by atoms with van der Waals surface area (Å²) in [6, 6.07) is 8.88. The first-order valence-electron chi connectivity index (χ1n) is 6.39. The van der Waals surface area contributed by atoms with Crippen molar-refractivity contribution >= 4 is 23.6 Å². The monoisotopic (exact) mass is 305 g/mol. The van der Waals surface area contributed by atoms with E-state index < -0.39 is 0 Å². The van der Waals surface area contributed by atoms with E-state index in [-0.39, 0.29) is 5.91 Å². The van der Waals surface area contributed by atoms with Crippen molar-refractivity contribution < 1.29 is 13.9 Å². The molecule has 0 bridgehead atoms. The average Bonchev–Trinajstić information content (AvgIpc) is 2.98. The lowest BCUT2D eigenvalue weighted by molar-refractivity contribution is -0.125. The molecule has 2 aromatic rings. The number of amides is 1. The first-order valence-corrected chi connectivity index (χ1v) is 6.77. The molecule has 5 heteroatoms. The van der Waals surface area contributed by atoms with Crippen LogP contribution in [0.15, 0.2) is 47.1 Å². The highest BCUT2D eigenvalue weighted by Gasteiger charge is 2.10. The van der Waals surface area contributed by atoms with E-state index in [4.69, 9.17) is 20.8 Å². The predicted molar refractivity (Wildman–Crippen MR) is 82.2 cm³/mol. The third kappa shape index (κ3) is 4.13. The molecule has 110 valence electrons. The van der Waals surface area contributed by atoms with Gasteiger partial charge in [-0.05, 0) is 36.4 Å². The smallest absolute Gasteiger partial charge is 0.246 e. The van der Waals surface area contributed by atoms with Gasteiger partial charge in [0.05, 0.1) is 13.4 Å². The molecule has 0 aliphatic heterocycles. The zero-order valence-corrected chi connectivity index (χ0v) is 12.6. The SMILES string of the molecule is COc1ccc(Cl)cc1CN(C)C(=O)C=Cc1ccco1. The van der Waals surface area contributed by atoms with Crippen molar-refractivity contribution in [2.24, 2.45) is 0 Å². The quantitative estimate of drug-likeness (QED) is 0.792. The molecule has 1 aromatic carbocycles. The van der Waals surface area contributed by atoms with Gasteiger partial charge in [0.1, 0.15) is 11.5 Å². The fraction of sp³-hybridized carbons (Fsp3) is 0.188. The minimum atomic E-state index is -0.131. The summed E-state index contributed by atoms with van der Waals surface area (Å²) in [5.74, 6) is 1.21. The van der Waals surface area contributed by atoms with Gasteiger partial charge in [-0.15, -0.1) is 0 Å². The van der Waals surface area contributed by atoms with Gasteiger partial charge in [0, 0.05) is 30.3 Å². The molecule has 0 atom stereocenters. The van der Waals surface area contributed by atoms with E-state index >= 15 is 0 Å². The Labute approximate surface area is 128 Å². The second-order valence-electron chi connectivity index (χ2n) is 4.50. The van der Waals surface area contributed by atoms with Gasteiger partial charge in [0.15, 0.2) is 0 Å². The maximum Gasteiger partial charge on any atom is 0.246 e. The van der Waals surface area contributed by atoms with Crippen LogP contribution >= 0.6 is 11.6 Å².